The number of carbonyl (C=O) groups is 1. The summed E-state index contributed by atoms with van der Waals surface area (Å²) < 4.78 is 1.82. The number of nitrogens with one attached hydrogen (secondary N) is 1. The van der Waals surface area contributed by atoms with Gasteiger partial charge in [-0.3, -0.25) is 4.79 Å². The van der Waals surface area contributed by atoms with E-state index in [4.69, 9.17) is 5.10 Å². The van der Waals surface area contributed by atoms with Crippen LogP contribution in [0.15, 0.2) is 60.8 Å². The maximum Gasteiger partial charge on any atom is 0.258 e. The fraction of sp³-hybridized carbons (Fsp3) is 0.304. The number of quaternary nitrogens is 1. The summed E-state index contributed by atoms with van der Waals surface area (Å²) in [5.41, 5.74) is 4.54. The van der Waals surface area contributed by atoms with Gasteiger partial charge in [0, 0.05) is 11.8 Å². The molecule has 0 spiro atoms. The molecule has 0 atom stereocenters. The maximum atomic E-state index is 13.4. The number of amides is 1. The standard InChI is InChI=1S/C23H26N4O/c1-3-25-13-15-26(16-14-25)23(28)21-17-27(20-7-5-4-6-8-20)24-22(21)19-11-9-18(2)10-12-19/h4-12,17H,3,13-16H2,1-2H3/p+1. The molecule has 5 nitrogen and oxygen atoms in total. The van der Waals surface area contributed by atoms with Crippen LogP contribution in [0, 0.1) is 6.92 Å². The molecule has 0 radical (unpaired) electrons. The molecule has 2 heterocycles. The van der Waals surface area contributed by atoms with Crippen molar-refractivity contribution in [3.8, 4) is 16.9 Å². The molecule has 144 valence electrons. The topological polar surface area (TPSA) is 42.6 Å². The van der Waals surface area contributed by atoms with Gasteiger partial charge in [-0.05, 0) is 26.0 Å². The van der Waals surface area contributed by atoms with E-state index in [1.165, 1.54) is 5.56 Å². The lowest BCUT2D eigenvalue weighted by Crippen LogP contribution is -3.14. The molecule has 1 aromatic heterocycles. The molecule has 1 aliphatic rings. The van der Waals surface area contributed by atoms with Crippen LogP contribution in [0.25, 0.3) is 16.9 Å². The minimum atomic E-state index is 0.0768. The van der Waals surface area contributed by atoms with Gasteiger partial charge in [-0.1, -0.05) is 48.0 Å². The average molecular weight is 375 g/mol. The second kappa shape index (κ2) is 7.98. The Morgan fingerprint density at radius 1 is 1.04 bits per heavy atom. The Hall–Kier alpha value is -2.92. The van der Waals surface area contributed by atoms with Crippen molar-refractivity contribution in [2.75, 3.05) is 32.7 Å². The molecule has 0 saturated carbocycles. The highest BCUT2D eigenvalue weighted by Gasteiger charge is 2.27. The van der Waals surface area contributed by atoms with E-state index >= 15 is 0 Å². The SMILES string of the molecule is CC[NH+]1CCN(C(=O)c2cn(-c3ccccc3)nc2-c2ccc(C)cc2)CC1. The van der Waals surface area contributed by atoms with Crippen molar-refractivity contribution in [3.63, 3.8) is 0 Å². The number of benzene rings is 2. The largest absolute Gasteiger partial charge is 0.332 e. The first-order valence-corrected chi connectivity index (χ1v) is 10.0. The summed E-state index contributed by atoms with van der Waals surface area (Å²) in [5, 5.41) is 4.79. The van der Waals surface area contributed by atoms with Gasteiger partial charge in [-0.15, -0.1) is 0 Å². The van der Waals surface area contributed by atoms with Crippen LogP contribution in [-0.2, 0) is 0 Å². The van der Waals surface area contributed by atoms with Gasteiger partial charge in [0.2, 0.25) is 0 Å². The van der Waals surface area contributed by atoms with E-state index in [0.29, 0.717) is 5.56 Å². The van der Waals surface area contributed by atoms with Crippen molar-refractivity contribution in [3.05, 3.63) is 71.9 Å². The quantitative estimate of drug-likeness (QED) is 0.760. The number of rotatable bonds is 4. The van der Waals surface area contributed by atoms with Gasteiger partial charge in [0.25, 0.3) is 5.91 Å². The lowest BCUT2D eigenvalue weighted by molar-refractivity contribution is -0.902. The van der Waals surface area contributed by atoms with Crippen LogP contribution in [-0.4, -0.2) is 53.3 Å². The Morgan fingerprint density at radius 2 is 1.71 bits per heavy atom. The number of carbonyl (C=O) groups excluding carboxylic acids is 1. The van der Waals surface area contributed by atoms with E-state index in [-0.39, 0.29) is 5.91 Å². The minimum Gasteiger partial charge on any atom is -0.332 e. The predicted octanol–water partition coefficient (Wildman–Crippen LogP) is 2.21. The number of piperazine rings is 1. The van der Waals surface area contributed by atoms with Crippen LogP contribution in [0.1, 0.15) is 22.8 Å². The van der Waals surface area contributed by atoms with Crippen molar-refractivity contribution in [1.82, 2.24) is 14.7 Å². The fourth-order valence-electron chi connectivity index (χ4n) is 3.72. The van der Waals surface area contributed by atoms with Gasteiger partial charge in [-0.25, -0.2) is 4.68 Å². The summed E-state index contributed by atoms with van der Waals surface area (Å²) in [7, 11) is 0. The molecule has 1 aliphatic heterocycles. The Bertz CT molecular complexity index is 938. The Labute approximate surface area is 166 Å². The molecule has 4 rings (SSSR count). The van der Waals surface area contributed by atoms with Crippen LogP contribution >= 0.6 is 0 Å². The smallest absolute Gasteiger partial charge is 0.258 e. The molecular weight excluding hydrogens is 348 g/mol. The number of likely N-dealkylation sites (N-methyl/N-ethyl adjacent to an activating group) is 1. The zero-order valence-corrected chi connectivity index (χ0v) is 16.6. The number of aromatic nitrogens is 2. The maximum absolute atomic E-state index is 13.4. The first kappa shape index (κ1) is 18.4. The molecule has 2 aromatic carbocycles. The van der Waals surface area contributed by atoms with Crippen LogP contribution in [0.4, 0.5) is 0 Å². The molecule has 3 aromatic rings. The van der Waals surface area contributed by atoms with Crippen LogP contribution in [0.5, 0.6) is 0 Å². The Balaban J connectivity index is 1.71. The van der Waals surface area contributed by atoms with Gasteiger partial charge >= 0.3 is 0 Å². The molecule has 0 aliphatic carbocycles. The van der Waals surface area contributed by atoms with Crippen molar-refractivity contribution >= 4 is 5.91 Å². The molecule has 0 unspecified atom stereocenters. The fourth-order valence-corrected chi connectivity index (χ4v) is 3.72. The van der Waals surface area contributed by atoms with E-state index in [1.54, 1.807) is 4.90 Å². The number of nitrogens with zero attached hydrogens (tertiary/aromatic N) is 3. The zero-order valence-electron chi connectivity index (χ0n) is 16.6. The first-order chi connectivity index (χ1) is 13.7. The molecule has 1 saturated heterocycles. The third-order valence-electron chi connectivity index (χ3n) is 5.55. The number of hydrogen-bond donors (Lipinski definition) is 1. The van der Waals surface area contributed by atoms with E-state index in [1.807, 2.05) is 58.2 Å². The third-order valence-corrected chi connectivity index (χ3v) is 5.55. The predicted molar refractivity (Wildman–Crippen MR) is 111 cm³/mol. The Kier molecular flexibility index (Phi) is 5.26. The molecule has 0 bridgehead atoms. The van der Waals surface area contributed by atoms with Crippen molar-refractivity contribution in [1.29, 1.82) is 0 Å². The van der Waals surface area contributed by atoms with E-state index in [2.05, 4.69) is 26.0 Å². The molecule has 1 fully saturated rings. The van der Waals surface area contributed by atoms with Crippen molar-refractivity contribution in [2.45, 2.75) is 13.8 Å². The van der Waals surface area contributed by atoms with E-state index in [9.17, 15) is 4.79 Å². The average Bonchev–Trinajstić information content (AvgIpc) is 3.20. The zero-order chi connectivity index (χ0) is 19.5. The minimum absolute atomic E-state index is 0.0768. The van der Waals surface area contributed by atoms with Gasteiger partial charge in [-0.2, -0.15) is 5.10 Å². The van der Waals surface area contributed by atoms with Crippen LogP contribution in [0.2, 0.25) is 0 Å². The van der Waals surface area contributed by atoms with Gasteiger partial charge in [0.1, 0.15) is 5.69 Å². The van der Waals surface area contributed by atoms with Crippen LogP contribution in [0.3, 0.4) is 0 Å². The van der Waals surface area contributed by atoms with E-state index in [0.717, 1.165) is 49.7 Å². The number of aryl methyl sites for hydroxylation is 1. The molecule has 28 heavy (non-hydrogen) atoms. The summed E-state index contributed by atoms with van der Waals surface area (Å²) in [6, 6.07) is 18.2. The summed E-state index contributed by atoms with van der Waals surface area (Å²) in [5.74, 6) is 0.0768. The van der Waals surface area contributed by atoms with Crippen LogP contribution < -0.4 is 4.90 Å². The summed E-state index contributed by atoms with van der Waals surface area (Å²) >= 11 is 0. The highest BCUT2D eigenvalue weighted by Crippen LogP contribution is 2.25. The van der Waals surface area contributed by atoms with E-state index < -0.39 is 0 Å². The molecular formula is C23H27N4O+. The normalized spacial score (nSPS) is 15.0. The first-order valence-electron chi connectivity index (χ1n) is 10.0. The van der Waals surface area contributed by atoms with Gasteiger partial charge in [0.05, 0.1) is 44.0 Å². The van der Waals surface area contributed by atoms with Crippen molar-refractivity contribution < 1.29 is 9.69 Å². The third kappa shape index (κ3) is 3.71. The lowest BCUT2D eigenvalue weighted by Gasteiger charge is -2.31. The molecule has 1 amide bonds. The summed E-state index contributed by atoms with van der Waals surface area (Å²) in [6.07, 6.45) is 1.88. The Morgan fingerprint density at radius 3 is 2.36 bits per heavy atom. The molecule has 1 N–H and O–H groups in total. The van der Waals surface area contributed by atoms with Crippen molar-refractivity contribution in [2.24, 2.45) is 0 Å². The second-order valence-electron chi connectivity index (χ2n) is 7.43. The number of para-hydroxylation sites is 1. The monoisotopic (exact) mass is 375 g/mol. The second-order valence-corrected chi connectivity index (χ2v) is 7.43. The number of hydrogen-bond acceptors (Lipinski definition) is 2. The van der Waals surface area contributed by atoms with Gasteiger partial charge < -0.3 is 9.80 Å². The van der Waals surface area contributed by atoms with Gasteiger partial charge in [0.15, 0.2) is 0 Å². The summed E-state index contributed by atoms with van der Waals surface area (Å²) in [4.78, 5) is 16.9. The highest BCUT2D eigenvalue weighted by molar-refractivity contribution is 6.00. The highest BCUT2D eigenvalue weighted by atomic mass is 16.2. The summed E-state index contributed by atoms with van der Waals surface area (Å²) in [6.45, 7) is 8.99. The molecule has 5 heteroatoms. The lowest BCUT2D eigenvalue weighted by atomic mass is 10.1.